The van der Waals surface area contributed by atoms with Crippen LogP contribution in [-0.4, -0.2) is 13.7 Å². The Labute approximate surface area is 118 Å². The molecule has 1 heterocycles. The lowest BCUT2D eigenvalue weighted by Crippen LogP contribution is -2.21. The van der Waals surface area contributed by atoms with Gasteiger partial charge < -0.3 is 14.5 Å². The normalized spacial score (nSPS) is 12.3. The second-order valence-corrected chi connectivity index (χ2v) is 4.62. The number of furan rings is 1. The Morgan fingerprint density at radius 2 is 2.20 bits per heavy atom. The molecule has 0 aliphatic rings. The van der Waals surface area contributed by atoms with Gasteiger partial charge >= 0.3 is 0 Å². The molecule has 4 heteroatoms. The molecule has 2 rings (SSSR count). The average molecular weight is 277 g/mol. The molecule has 0 aliphatic carbocycles. The van der Waals surface area contributed by atoms with Gasteiger partial charge in [-0.2, -0.15) is 0 Å². The smallest absolute Gasteiger partial charge is 0.165 e. The molecule has 0 aliphatic heterocycles. The van der Waals surface area contributed by atoms with Crippen LogP contribution in [0.15, 0.2) is 41.0 Å². The summed E-state index contributed by atoms with van der Waals surface area (Å²) in [6.45, 7) is 2.87. The van der Waals surface area contributed by atoms with Crippen LogP contribution < -0.4 is 10.1 Å². The molecule has 1 aromatic heterocycles. The standard InChI is InChI=1S/C16H20FNO2/c1-3-18-15(8-7-13-5-4-10-20-13)12-6-9-16(19-2)14(17)11-12/h4-6,9-11,15,18H,3,7-8H2,1-2H3. The Morgan fingerprint density at radius 1 is 1.35 bits per heavy atom. The van der Waals surface area contributed by atoms with E-state index in [-0.39, 0.29) is 17.6 Å². The summed E-state index contributed by atoms with van der Waals surface area (Å²) in [7, 11) is 1.47. The van der Waals surface area contributed by atoms with Crippen molar-refractivity contribution in [2.24, 2.45) is 0 Å². The van der Waals surface area contributed by atoms with E-state index in [9.17, 15) is 4.39 Å². The Bertz CT molecular complexity index is 525. The second kappa shape index (κ2) is 7.10. The maximum atomic E-state index is 13.8. The number of ether oxygens (including phenoxy) is 1. The maximum Gasteiger partial charge on any atom is 0.165 e. The van der Waals surface area contributed by atoms with E-state index in [4.69, 9.17) is 9.15 Å². The number of aryl methyl sites for hydroxylation is 1. The van der Waals surface area contributed by atoms with Gasteiger partial charge in [0, 0.05) is 12.5 Å². The topological polar surface area (TPSA) is 34.4 Å². The first-order valence-electron chi connectivity index (χ1n) is 6.83. The van der Waals surface area contributed by atoms with Crippen LogP contribution in [0.2, 0.25) is 0 Å². The highest BCUT2D eigenvalue weighted by Crippen LogP contribution is 2.24. The van der Waals surface area contributed by atoms with E-state index in [1.807, 2.05) is 25.1 Å². The van der Waals surface area contributed by atoms with Crippen molar-refractivity contribution in [1.82, 2.24) is 5.32 Å². The van der Waals surface area contributed by atoms with Crippen LogP contribution in [0.4, 0.5) is 4.39 Å². The van der Waals surface area contributed by atoms with Crippen LogP contribution in [-0.2, 0) is 6.42 Å². The first-order chi connectivity index (χ1) is 9.74. The summed E-state index contributed by atoms with van der Waals surface area (Å²) in [5, 5.41) is 3.38. The Balaban J connectivity index is 2.09. The van der Waals surface area contributed by atoms with E-state index >= 15 is 0 Å². The first kappa shape index (κ1) is 14.6. The predicted octanol–water partition coefficient (Wildman–Crippen LogP) is 3.71. The van der Waals surface area contributed by atoms with E-state index in [1.165, 1.54) is 13.2 Å². The number of methoxy groups -OCH3 is 1. The third kappa shape index (κ3) is 3.61. The van der Waals surface area contributed by atoms with Crippen molar-refractivity contribution in [3.63, 3.8) is 0 Å². The summed E-state index contributed by atoms with van der Waals surface area (Å²) in [4.78, 5) is 0. The minimum Gasteiger partial charge on any atom is -0.494 e. The number of hydrogen-bond acceptors (Lipinski definition) is 3. The SMILES string of the molecule is CCNC(CCc1ccco1)c1ccc(OC)c(F)c1. The molecule has 0 amide bonds. The van der Waals surface area contributed by atoms with Gasteiger partial charge in [-0.25, -0.2) is 4.39 Å². The zero-order chi connectivity index (χ0) is 14.4. The van der Waals surface area contributed by atoms with Gasteiger partial charge in [-0.15, -0.1) is 0 Å². The predicted molar refractivity (Wildman–Crippen MR) is 76.4 cm³/mol. The molecule has 1 N–H and O–H groups in total. The zero-order valence-corrected chi connectivity index (χ0v) is 11.9. The van der Waals surface area contributed by atoms with Crippen LogP contribution in [0.25, 0.3) is 0 Å². The molecule has 1 atom stereocenters. The molecule has 1 unspecified atom stereocenters. The summed E-state index contributed by atoms with van der Waals surface area (Å²) < 4.78 is 24.1. The fraction of sp³-hybridized carbons (Fsp3) is 0.375. The minimum atomic E-state index is -0.328. The fourth-order valence-corrected chi connectivity index (χ4v) is 2.27. The van der Waals surface area contributed by atoms with Gasteiger partial charge in [-0.05, 0) is 42.8 Å². The summed E-state index contributed by atoms with van der Waals surface area (Å²) >= 11 is 0. The Hall–Kier alpha value is -1.81. The molecule has 1 aromatic carbocycles. The van der Waals surface area contributed by atoms with Gasteiger partial charge in [0.2, 0.25) is 0 Å². The zero-order valence-electron chi connectivity index (χ0n) is 11.9. The van der Waals surface area contributed by atoms with E-state index in [1.54, 1.807) is 12.3 Å². The van der Waals surface area contributed by atoms with Gasteiger partial charge in [0.15, 0.2) is 11.6 Å². The lowest BCUT2D eigenvalue weighted by Gasteiger charge is -2.18. The van der Waals surface area contributed by atoms with Crippen LogP contribution in [0, 0.1) is 5.82 Å². The third-order valence-electron chi connectivity index (χ3n) is 3.29. The van der Waals surface area contributed by atoms with Crippen molar-refractivity contribution in [2.45, 2.75) is 25.8 Å². The molecule has 0 radical (unpaired) electrons. The van der Waals surface area contributed by atoms with Crippen molar-refractivity contribution in [2.75, 3.05) is 13.7 Å². The first-order valence-corrected chi connectivity index (χ1v) is 6.83. The highest BCUT2D eigenvalue weighted by molar-refractivity contribution is 5.31. The quantitative estimate of drug-likeness (QED) is 0.837. The molecule has 2 aromatic rings. The van der Waals surface area contributed by atoms with Gasteiger partial charge in [-0.3, -0.25) is 0 Å². The lowest BCUT2D eigenvalue weighted by atomic mass is 10.0. The average Bonchev–Trinajstić information content (AvgIpc) is 2.96. The molecule has 108 valence electrons. The van der Waals surface area contributed by atoms with E-state index in [2.05, 4.69) is 5.32 Å². The summed E-state index contributed by atoms with van der Waals surface area (Å²) in [6.07, 6.45) is 3.34. The minimum absolute atomic E-state index is 0.102. The van der Waals surface area contributed by atoms with Gasteiger partial charge in [0.05, 0.1) is 13.4 Å². The Kier molecular flexibility index (Phi) is 5.18. The summed E-state index contributed by atoms with van der Waals surface area (Å²) in [5.41, 5.74) is 0.928. The molecular weight excluding hydrogens is 257 g/mol. The van der Waals surface area contributed by atoms with Crippen LogP contribution in [0.1, 0.15) is 30.7 Å². The molecule has 0 saturated carbocycles. The van der Waals surface area contributed by atoms with E-state index in [0.29, 0.717) is 0 Å². The van der Waals surface area contributed by atoms with Gasteiger partial charge in [-0.1, -0.05) is 13.0 Å². The Morgan fingerprint density at radius 3 is 2.80 bits per heavy atom. The molecule has 0 saturated heterocycles. The van der Waals surface area contributed by atoms with Crippen molar-refractivity contribution < 1.29 is 13.5 Å². The number of halogens is 1. The van der Waals surface area contributed by atoms with Crippen LogP contribution in [0.3, 0.4) is 0 Å². The molecule has 20 heavy (non-hydrogen) atoms. The fourth-order valence-electron chi connectivity index (χ4n) is 2.27. The van der Waals surface area contributed by atoms with Crippen LogP contribution >= 0.6 is 0 Å². The van der Waals surface area contributed by atoms with E-state index < -0.39 is 0 Å². The second-order valence-electron chi connectivity index (χ2n) is 4.62. The number of hydrogen-bond donors (Lipinski definition) is 1. The monoisotopic (exact) mass is 277 g/mol. The highest BCUT2D eigenvalue weighted by Gasteiger charge is 2.13. The van der Waals surface area contributed by atoms with Crippen molar-refractivity contribution in [3.8, 4) is 5.75 Å². The van der Waals surface area contributed by atoms with Crippen LogP contribution in [0.5, 0.6) is 5.75 Å². The molecule has 0 bridgehead atoms. The van der Waals surface area contributed by atoms with Gasteiger partial charge in [0.25, 0.3) is 0 Å². The number of benzene rings is 1. The summed E-state index contributed by atoms with van der Waals surface area (Å²) in [6, 6.07) is 9.04. The number of rotatable bonds is 7. The van der Waals surface area contributed by atoms with Crippen molar-refractivity contribution in [1.29, 1.82) is 0 Å². The van der Waals surface area contributed by atoms with Crippen molar-refractivity contribution >= 4 is 0 Å². The lowest BCUT2D eigenvalue weighted by molar-refractivity contribution is 0.385. The highest BCUT2D eigenvalue weighted by atomic mass is 19.1. The molecule has 0 spiro atoms. The largest absolute Gasteiger partial charge is 0.494 e. The third-order valence-corrected chi connectivity index (χ3v) is 3.29. The van der Waals surface area contributed by atoms with Crippen molar-refractivity contribution in [3.05, 3.63) is 53.7 Å². The molecular formula is C16H20FNO2. The molecule has 3 nitrogen and oxygen atoms in total. The van der Waals surface area contributed by atoms with E-state index in [0.717, 1.165) is 30.7 Å². The summed E-state index contributed by atoms with van der Waals surface area (Å²) in [5.74, 6) is 0.892. The molecule has 0 fully saturated rings. The van der Waals surface area contributed by atoms with Gasteiger partial charge in [0.1, 0.15) is 5.76 Å². The number of nitrogens with one attached hydrogen (secondary N) is 1. The maximum absolute atomic E-state index is 13.8.